The zero-order valence-electron chi connectivity index (χ0n) is 10.8. The molecule has 0 radical (unpaired) electrons. The number of carboxylic acid groups (broad SMARTS) is 1. The Kier molecular flexibility index (Phi) is 5.81. The van der Waals surface area contributed by atoms with Gasteiger partial charge in [-0.2, -0.15) is 0 Å². The van der Waals surface area contributed by atoms with Crippen molar-refractivity contribution in [2.75, 3.05) is 7.11 Å². The van der Waals surface area contributed by atoms with Crippen LogP contribution in [0.1, 0.15) is 12.5 Å². The number of hydrogen-bond donors (Lipinski definition) is 2. The Morgan fingerprint density at radius 3 is 2.47 bits per heavy atom. The van der Waals surface area contributed by atoms with Crippen molar-refractivity contribution in [2.45, 2.75) is 25.7 Å². The highest BCUT2D eigenvalue weighted by atomic mass is 16.5. The van der Waals surface area contributed by atoms with Crippen LogP contribution in [-0.4, -0.2) is 36.4 Å². The Morgan fingerprint density at radius 1 is 1.32 bits per heavy atom. The fraction of sp³-hybridized carbons (Fsp3) is 0.385. The highest BCUT2D eigenvalue weighted by Gasteiger charge is 2.27. The number of amides is 1. The molecule has 0 aliphatic carbocycles. The van der Waals surface area contributed by atoms with E-state index in [4.69, 9.17) is 14.6 Å². The Balaban J connectivity index is 2.47. The topological polar surface area (TPSA) is 84.9 Å². The van der Waals surface area contributed by atoms with E-state index in [0.29, 0.717) is 0 Å². The summed E-state index contributed by atoms with van der Waals surface area (Å²) in [6.07, 6.45) is -1.44. The van der Waals surface area contributed by atoms with Crippen molar-refractivity contribution in [3.8, 4) is 0 Å². The molecule has 19 heavy (non-hydrogen) atoms. The third-order valence-corrected chi connectivity index (χ3v) is 2.59. The van der Waals surface area contributed by atoms with E-state index in [0.717, 1.165) is 5.56 Å². The molecule has 104 valence electrons. The highest BCUT2D eigenvalue weighted by molar-refractivity contribution is 5.80. The minimum absolute atomic E-state index is 0.0837. The van der Waals surface area contributed by atoms with Crippen molar-refractivity contribution in [2.24, 2.45) is 0 Å². The molecule has 0 aromatic heterocycles. The van der Waals surface area contributed by atoms with Gasteiger partial charge in [0, 0.05) is 7.11 Å². The molecule has 0 saturated heterocycles. The Labute approximate surface area is 111 Å². The minimum Gasteiger partial charge on any atom is -0.480 e. The van der Waals surface area contributed by atoms with Gasteiger partial charge in [0.2, 0.25) is 0 Å². The summed E-state index contributed by atoms with van der Waals surface area (Å²) in [6, 6.07) is 7.96. The van der Waals surface area contributed by atoms with Crippen LogP contribution in [0.4, 0.5) is 4.79 Å². The average Bonchev–Trinajstić information content (AvgIpc) is 2.42. The van der Waals surface area contributed by atoms with Crippen molar-refractivity contribution in [3.05, 3.63) is 35.9 Å². The van der Waals surface area contributed by atoms with Crippen LogP contribution in [0, 0.1) is 0 Å². The third-order valence-electron chi connectivity index (χ3n) is 2.59. The van der Waals surface area contributed by atoms with Crippen LogP contribution in [0.25, 0.3) is 0 Å². The largest absolute Gasteiger partial charge is 0.480 e. The molecular weight excluding hydrogens is 250 g/mol. The molecule has 2 N–H and O–H groups in total. The van der Waals surface area contributed by atoms with Gasteiger partial charge < -0.3 is 19.9 Å². The van der Waals surface area contributed by atoms with Crippen LogP contribution in [-0.2, 0) is 20.9 Å². The number of rotatable bonds is 6. The smallest absolute Gasteiger partial charge is 0.408 e. The molecule has 1 amide bonds. The predicted molar refractivity (Wildman–Crippen MR) is 67.7 cm³/mol. The van der Waals surface area contributed by atoms with Crippen molar-refractivity contribution >= 4 is 12.1 Å². The lowest BCUT2D eigenvalue weighted by Gasteiger charge is -2.19. The van der Waals surface area contributed by atoms with Gasteiger partial charge in [0.05, 0.1) is 6.10 Å². The van der Waals surface area contributed by atoms with Crippen molar-refractivity contribution in [1.82, 2.24) is 5.32 Å². The van der Waals surface area contributed by atoms with Gasteiger partial charge in [0.1, 0.15) is 6.61 Å². The molecule has 0 aliphatic rings. The van der Waals surface area contributed by atoms with Gasteiger partial charge >= 0.3 is 12.1 Å². The lowest BCUT2D eigenvalue weighted by atomic mass is 10.2. The average molecular weight is 267 g/mol. The maximum absolute atomic E-state index is 11.5. The first-order valence-corrected chi connectivity index (χ1v) is 5.77. The van der Waals surface area contributed by atoms with Crippen molar-refractivity contribution in [1.29, 1.82) is 0 Å². The van der Waals surface area contributed by atoms with Gasteiger partial charge in [-0.25, -0.2) is 9.59 Å². The van der Waals surface area contributed by atoms with Gasteiger partial charge in [-0.05, 0) is 12.5 Å². The standard InChI is InChI=1S/C13H17NO5/c1-9(18-2)11(12(15)16)14-13(17)19-8-10-6-4-3-5-7-10/h3-7,9,11H,8H2,1-2H3,(H,14,17)(H,15,16)/t9?,11-/m0/s1. The van der Waals surface area contributed by atoms with E-state index in [9.17, 15) is 9.59 Å². The van der Waals surface area contributed by atoms with Crippen molar-refractivity contribution < 1.29 is 24.2 Å². The quantitative estimate of drug-likeness (QED) is 0.813. The van der Waals surface area contributed by atoms with Gasteiger partial charge in [0.25, 0.3) is 0 Å². The number of carboxylic acids is 1. The normalized spacial score (nSPS) is 13.4. The van der Waals surface area contributed by atoms with E-state index in [1.165, 1.54) is 7.11 Å². The molecule has 1 unspecified atom stereocenters. The van der Waals surface area contributed by atoms with Gasteiger partial charge in [-0.15, -0.1) is 0 Å². The Morgan fingerprint density at radius 2 is 1.95 bits per heavy atom. The molecule has 0 bridgehead atoms. The van der Waals surface area contributed by atoms with Gasteiger partial charge in [-0.1, -0.05) is 30.3 Å². The molecule has 0 saturated carbocycles. The first-order valence-electron chi connectivity index (χ1n) is 5.77. The molecule has 0 aliphatic heterocycles. The summed E-state index contributed by atoms with van der Waals surface area (Å²) in [7, 11) is 1.37. The van der Waals surface area contributed by atoms with E-state index in [1.807, 2.05) is 18.2 Å². The van der Waals surface area contributed by atoms with E-state index < -0.39 is 24.2 Å². The van der Waals surface area contributed by atoms with Gasteiger partial charge in [0.15, 0.2) is 6.04 Å². The monoisotopic (exact) mass is 267 g/mol. The number of hydrogen-bond acceptors (Lipinski definition) is 4. The molecule has 0 fully saturated rings. The van der Waals surface area contributed by atoms with Crippen LogP contribution >= 0.6 is 0 Å². The number of alkyl carbamates (subject to hydrolysis) is 1. The SMILES string of the molecule is COC(C)[C@H](NC(=O)OCc1ccccc1)C(=O)O. The zero-order chi connectivity index (χ0) is 14.3. The summed E-state index contributed by atoms with van der Waals surface area (Å²) in [5.41, 5.74) is 0.823. The molecule has 6 nitrogen and oxygen atoms in total. The molecule has 0 heterocycles. The Hall–Kier alpha value is -2.08. The van der Waals surface area contributed by atoms with Crippen LogP contribution in [0.2, 0.25) is 0 Å². The van der Waals surface area contributed by atoms with E-state index in [2.05, 4.69) is 5.32 Å². The molecule has 6 heteroatoms. The molecule has 1 aromatic carbocycles. The number of methoxy groups -OCH3 is 1. The lowest BCUT2D eigenvalue weighted by molar-refractivity contribution is -0.142. The first-order chi connectivity index (χ1) is 9.04. The predicted octanol–water partition coefficient (Wildman–Crippen LogP) is 1.40. The number of ether oxygens (including phenoxy) is 2. The number of aliphatic carboxylic acids is 1. The molecule has 0 spiro atoms. The first kappa shape index (κ1) is 15.0. The number of nitrogens with one attached hydrogen (secondary N) is 1. The summed E-state index contributed by atoms with van der Waals surface area (Å²) in [5, 5.41) is 11.2. The number of carbonyl (C=O) groups excluding carboxylic acids is 1. The zero-order valence-corrected chi connectivity index (χ0v) is 10.8. The number of carbonyl (C=O) groups is 2. The van der Waals surface area contributed by atoms with Crippen LogP contribution in [0.5, 0.6) is 0 Å². The van der Waals surface area contributed by atoms with Crippen LogP contribution < -0.4 is 5.32 Å². The van der Waals surface area contributed by atoms with Crippen LogP contribution in [0.3, 0.4) is 0 Å². The number of benzene rings is 1. The second kappa shape index (κ2) is 7.38. The summed E-state index contributed by atoms with van der Waals surface area (Å²) >= 11 is 0. The summed E-state index contributed by atoms with van der Waals surface area (Å²) in [5.74, 6) is -1.17. The van der Waals surface area contributed by atoms with Gasteiger partial charge in [-0.3, -0.25) is 0 Å². The molecule has 1 aromatic rings. The molecular formula is C13H17NO5. The fourth-order valence-electron chi connectivity index (χ4n) is 1.41. The van der Waals surface area contributed by atoms with E-state index in [-0.39, 0.29) is 6.61 Å². The Bertz CT molecular complexity index is 420. The second-order valence-electron chi connectivity index (χ2n) is 3.96. The second-order valence-corrected chi connectivity index (χ2v) is 3.96. The van der Waals surface area contributed by atoms with Crippen molar-refractivity contribution in [3.63, 3.8) is 0 Å². The maximum Gasteiger partial charge on any atom is 0.408 e. The summed E-state index contributed by atoms with van der Waals surface area (Å²) in [6.45, 7) is 1.64. The summed E-state index contributed by atoms with van der Waals surface area (Å²) < 4.78 is 9.82. The van der Waals surface area contributed by atoms with Crippen LogP contribution in [0.15, 0.2) is 30.3 Å². The summed E-state index contributed by atoms with van der Waals surface area (Å²) in [4.78, 5) is 22.5. The fourth-order valence-corrected chi connectivity index (χ4v) is 1.41. The lowest BCUT2D eigenvalue weighted by Crippen LogP contribution is -2.48. The molecule has 1 rings (SSSR count). The van der Waals surface area contributed by atoms with E-state index >= 15 is 0 Å². The maximum atomic E-state index is 11.5. The molecule has 2 atom stereocenters. The third kappa shape index (κ3) is 4.97. The minimum atomic E-state index is -1.17. The highest BCUT2D eigenvalue weighted by Crippen LogP contribution is 2.02. The van der Waals surface area contributed by atoms with E-state index in [1.54, 1.807) is 19.1 Å².